The maximum atomic E-state index is 13.3. The molecule has 2 fully saturated rings. The van der Waals surface area contributed by atoms with Crippen LogP contribution in [0.25, 0.3) is 22.6 Å². The molecule has 1 aliphatic carbocycles. The first-order valence-electron chi connectivity index (χ1n) is 13.2. The zero-order valence-electron chi connectivity index (χ0n) is 22.2. The highest BCUT2D eigenvalue weighted by molar-refractivity contribution is 7.90. The van der Waals surface area contributed by atoms with Crippen molar-refractivity contribution in [2.24, 2.45) is 5.92 Å². The Morgan fingerprint density at radius 2 is 2.00 bits per heavy atom. The van der Waals surface area contributed by atoms with E-state index in [1.54, 1.807) is 36.2 Å². The van der Waals surface area contributed by atoms with Crippen molar-refractivity contribution in [2.75, 3.05) is 19.5 Å². The average Bonchev–Trinajstić information content (AvgIpc) is 3.33. The van der Waals surface area contributed by atoms with Crippen molar-refractivity contribution in [3.63, 3.8) is 0 Å². The number of fused-ring (bicyclic) bond motifs is 1. The molecule has 3 aliphatic rings. The molecule has 0 bridgehead atoms. The number of imidazole rings is 1. The number of carbonyl (C=O) groups is 2. The number of ether oxygens (including phenoxy) is 1. The highest BCUT2D eigenvalue weighted by Gasteiger charge is 2.40. The van der Waals surface area contributed by atoms with E-state index in [-0.39, 0.29) is 34.4 Å². The molecule has 2 atom stereocenters. The largest absolute Gasteiger partial charge is 0.379 e. The topological polar surface area (TPSA) is 134 Å². The molecule has 204 valence electrons. The van der Waals surface area contributed by atoms with Crippen molar-refractivity contribution in [1.29, 1.82) is 0 Å². The Balaban J connectivity index is 1.34. The number of sulfone groups is 1. The number of carbonyl (C=O) groups excluding carboxylic acids is 2. The number of pyridine rings is 1. The molecule has 11 heteroatoms. The average molecular weight is 550 g/mol. The van der Waals surface area contributed by atoms with Gasteiger partial charge in [0.25, 0.3) is 11.8 Å². The third-order valence-electron chi connectivity index (χ3n) is 7.90. The zero-order valence-corrected chi connectivity index (χ0v) is 23.0. The molecular weight excluding hydrogens is 518 g/mol. The number of benzene rings is 1. The first-order chi connectivity index (χ1) is 18.6. The summed E-state index contributed by atoms with van der Waals surface area (Å²) < 4.78 is 31.0. The lowest BCUT2D eigenvalue weighted by molar-refractivity contribution is 0.0694. The van der Waals surface area contributed by atoms with Crippen LogP contribution in [-0.4, -0.2) is 71.6 Å². The highest BCUT2D eigenvalue weighted by Crippen LogP contribution is 2.41. The van der Waals surface area contributed by atoms with Gasteiger partial charge in [0.15, 0.2) is 15.7 Å². The SMILES string of the molecule is Cc1[nH]c(-c2cc(-c3cc4c(c(S(C)(=O)=O)c3)C(=O)N(C(C)C3CC3)C4)ccn2)nc1C(=O)NC1CCOC1. The van der Waals surface area contributed by atoms with Crippen molar-refractivity contribution in [3.05, 3.63) is 53.0 Å². The van der Waals surface area contributed by atoms with E-state index in [1.807, 2.05) is 13.0 Å². The van der Waals surface area contributed by atoms with Gasteiger partial charge < -0.3 is 19.9 Å². The summed E-state index contributed by atoms with van der Waals surface area (Å²) in [4.78, 5) is 40.1. The van der Waals surface area contributed by atoms with Crippen LogP contribution >= 0.6 is 0 Å². The van der Waals surface area contributed by atoms with E-state index < -0.39 is 9.84 Å². The summed E-state index contributed by atoms with van der Waals surface area (Å²) in [5, 5.41) is 2.95. The minimum atomic E-state index is -3.66. The van der Waals surface area contributed by atoms with Gasteiger partial charge in [-0.25, -0.2) is 13.4 Å². The van der Waals surface area contributed by atoms with E-state index in [2.05, 4.69) is 20.3 Å². The van der Waals surface area contributed by atoms with Gasteiger partial charge in [0.1, 0.15) is 11.4 Å². The van der Waals surface area contributed by atoms with Gasteiger partial charge in [-0.2, -0.15) is 0 Å². The van der Waals surface area contributed by atoms with Gasteiger partial charge in [0.2, 0.25) is 0 Å². The van der Waals surface area contributed by atoms with Gasteiger partial charge in [0.05, 0.1) is 23.1 Å². The maximum Gasteiger partial charge on any atom is 0.272 e. The van der Waals surface area contributed by atoms with Crippen LogP contribution in [-0.2, 0) is 21.1 Å². The van der Waals surface area contributed by atoms with E-state index in [9.17, 15) is 18.0 Å². The normalized spacial score (nSPS) is 19.8. The van der Waals surface area contributed by atoms with Crippen LogP contribution in [0.3, 0.4) is 0 Å². The van der Waals surface area contributed by atoms with Crippen molar-refractivity contribution >= 4 is 21.7 Å². The Bertz CT molecular complexity index is 1590. The number of hydrogen-bond acceptors (Lipinski definition) is 7. The van der Waals surface area contributed by atoms with Gasteiger partial charge in [-0.05, 0) is 80.0 Å². The van der Waals surface area contributed by atoms with Gasteiger partial charge >= 0.3 is 0 Å². The Labute approximate surface area is 227 Å². The monoisotopic (exact) mass is 549 g/mol. The summed E-state index contributed by atoms with van der Waals surface area (Å²) in [6.07, 6.45) is 5.72. The fourth-order valence-corrected chi connectivity index (χ4v) is 6.44. The number of hydrogen-bond donors (Lipinski definition) is 2. The highest BCUT2D eigenvalue weighted by atomic mass is 32.2. The quantitative estimate of drug-likeness (QED) is 0.462. The van der Waals surface area contributed by atoms with Crippen LogP contribution in [0.5, 0.6) is 0 Å². The Hall–Kier alpha value is -3.57. The van der Waals surface area contributed by atoms with Crippen molar-refractivity contribution < 1.29 is 22.7 Å². The summed E-state index contributed by atoms with van der Waals surface area (Å²) in [5.74, 6) is 0.425. The van der Waals surface area contributed by atoms with E-state index in [0.717, 1.165) is 31.1 Å². The second-order valence-corrected chi connectivity index (χ2v) is 12.8. The fourth-order valence-electron chi connectivity index (χ4n) is 5.51. The first-order valence-corrected chi connectivity index (χ1v) is 15.1. The smallest absolute Gasteiger partial charge is 0.272 e. The molecule has 2 unspecified atom stereocenters. The molecule has 1 saturated carbocycles. The minimum Gasteiger partial charge on any atom is -0.379 e. The maximum absolute atomic E-state index is 13.3. The molecule has 2 aromatic heterocycles. The molecule has 0 radical (unpaired) electrons. The molecule has 10 nitrogen and oxygen atoms in total. The van der Waals surface area contributed by atoms with E-state index in [1.165, 1.54) is 0 Å². The van der Waals surface area contributed by atoms with Crippen LogP contribution in [0.4, 0.5) is 0 Å². The molecule has 0 spiro atoms. The van der Waals surface area contributed by atoms with E-state index >= 15 is 0 Å². The zero-order chi connectivity index (χ0) is 27.5. The van der Waals surface area contributed by atoms with Gasteiger partial charge in [-0.1, -0.05) is 0 Å². The number of aryl methyl sites for hydroxylation is 1. The second-order valence-electron chi connectivity index (χ2n) is 10.8. The lowest BCUT2D eigenvalue weighted by Crippen LogP contribution is -2.35. The van der Waals surface area contributed by atoms with Crippen molar-refractivity contribution in [1.82, 2.24) is 25.2 Å². The lowest BCUT2D eigenvalue weighted by atomic mass is 10.0. The number of rotatable bonds is 7. The van der Waals surface area contributed by atoms with E-state index in [0.29, 0.717) is 59.7 Å². The third-order valence-corrected chi connectivity index (χ3v) is 9.02. The number of nitrogens with zero attached hydrogens (tertiary/aromatic N) is 3. The molecule has 39 heavy (non-hydrogen) atoms. The Kier molecular flexibility index (Phi) is 6.30. The summed E-state index contributed by atoms with van der Waals surface area (Å²) in [6, 6.07) is 7.12. The van der Waals surface area contributed by atoms with Crippen LogP contribution in [0.2, 0.25) is 0 Å². The number of aromatic amines is 1. The summed E-state index contributed by atoms with van der Waals surface area (Å²) >= 11 is 0. The molecule has 2 N–H and O–H groups in total. The van der Waals surface area contributed by atoms with Gasteiger partial charge in [0, 0.05) is 37.3 Å². The number of amides is 2. The fraction of sp³-hybridized carbons (Fsp3) is 0.429. The minimum absolute atomic E-state index is 0.0302. The molecule has 3 aromatic rings. The van der Waals surface area contributed by atoms with Crippen molar-refractivity contribution in [3.8, 4) is 22.6 Å². The first kappa shape index (κ1) is 25.7. The molecule has 2 aliphatic heterocycles. The second kappa shape index (κ2) is 9.56. The number of aromatic nitrogens is 3. The standard InChI is InChI=1S/C28H31N5O5S/c1-15-25(27(34)31-21-7-9-38-14-21)32-26(30-15)22-11-18(6-8-29-22)19-10-20-13-33(16(2)17-4-5-17)28(35)24(20)23(12-19)39(3,36)37/h6,8,10-12,16-17,21H,4-5,7,9,13-14H2,1-3H3,(H,30,32)(H,31,34). The Morgan fingerprint density at radius 3 is 2.69 bits per heavy atom. The molecule has 1 saturated heterocycles. The predicted octanol–water partition coefficient (Wildman–Crippen LogP) is 3.12. The number of nitrogens with one attached hydrogen (secondary N) is 2. The van der Waals surface area contributed by atoms with Gasteiger partial charge in [-0.3, -0.25) is 14.6 Å². The van der Waals surface area contributed by atoms with Crippen LogP contribution < -0.4 is 5.32 Å². The third kappa shape index (κ3) is 4.85. The van der Waals surface area contributed by atoms with E-state index in [4.69, 9.17) is 4.74 Å². The molecule has 6 rings (SSSR count). The summed E-state index contributed by atoms with van der Waals surface area (Å²) in [6.45, 7) is 5.33. The van der Waals surface area contributed by atoms with Gasteiger partial charge in [-0.15, -0.1) is 0 Å². The van der Waals surface area contributed by atoms with Crippen molar-refractivity contribution in [2.45, 2.75) is 56.6 Å². The lowest BCUT2D eigenvalue weighted by Gasteiger charge is -2.24. The van der Waals surface area contributed by atoms with Crippen LogP contribution in [0.1, 0.15) is 58.3 Å². The summed E-state index contributed by atoms with van der Waals surface area (Å²) in [5.41, 5.74) is 3.84. The molecule has 4 heterocycles. The van der Waals surface area contributed by atoms with Crippen LogP contribution in [0, 0.1) is 12.8 Å². The molecule has 1 aromatic carbocycles. The Morgan fingerprint density at radius 1 is 1.21 bits per heavy atom. The molecular formula is C28H31N5O5S. The number of H-pyrrole nitrogens is 1. The molecule has 2 amide bonds. The summed E-state index contributed by atoms with van der Waals surface area (Å²) in [7, 11) is -3.66. The van der Waals surface area contributed by atoms with Crippen LogP contribution in [0.15, 0.2) is 35.4 Å². The predicted molar refractivity (Wildman–Crippen MR) is 144 cm³/mol.